The zero-order chi connectivity index (χ0) is 23.0. The minimum Gasteiger partial charge on any atom is -0.372 e. The first-order valence-corrected chi connectivity index (χ1v) is 12.8. The van der Waals surface area contributed by atoms with Crippen molar-refractivity contribution in [3.8, 4) is 0 Å². The summed E-state index contributed by atoms with van der Waals surface area (Å²) < 4.78 is 25.6. The van der Waals surface area contributed by atoms with Gasteiger partial charge < -0.3 is 10.2 Å². The van der Waals surface area contributed by atoms with Gasteiger partial charge in [0.25, 0.3) is 0 Å². The maximum atomic E-state index is 12.2. The van der Waals surface area contributed by atoms with Gasteiger partial charge in [-0.3, -0.25) is 9.10 Å². The highest BCUT2D eigenvalue weighted by molar-refractivity contribution is 7.92. The number of rotatable bonds is 11. The quantitative estimate of drug-likeness (QED) is 0.500. The molecular weight excluding hydrogens is 457 g/mol. The van der Waals surface area contributed by atoms with Gasteiger partial charge in [0.1, 0.15) is 0 Å². The lowest BCUT2D eigenvalue weighted by molar-refractivity contribution is -0.121. The average Bonchev–Trinajstić information content (AvgIpc) is 2.73. The van der Waals surface area contributed by atoms with Crippen LogP contribution in [0.5, 0.6) is 0 Å². The molecular formula is C22H29Cl2N3O3S. The van der Waals surface area contributed by atoms with Crippen molar-refractivity contribution in [3.05, 3.63) is 58.1 Å². The highest BCUT2D eigenvalue weighted by Gasteiger charge is 2.18. The van der Waals surface area contributed by atoms with Crippen LogP contribution in [-0.4, -0.2) is 40.2 Å². The van der Waals surface area contributed by atoms with Crippen molar-refractivity contribution in [2.24, 2.45) is 0 Å². The number of amides is 1. The maximum absolute atomic E-state index is 12.2. The second kappa shape index (κ2) is 11.6. The maximum Gasteiger partial charge on any atom is 0.232 e. The number of nitrogens with one attached hydrogen (secondary N) is 1. The summed E-state index contributed by atoms with van der Waals surface area (Å²) in [5.74, 6) is -0.129. The Balaban J connectivity index is 1.87. The molecule has 0 heterocycles. The molecule has 0 aliphatic carbocycles. The molecule has 1 N–H and O–H groups in total. The van der Waals surface area contributed by atoms with E-state index in [-0.39, 0.29) is 23.9 Å². The van der Waals surface area contributed by atoms with Crippen molar-refractivity contribution in [1.82, 2.24) is 5.32 Å². The Morgan fingerprint density at radius 1 is 0.968 bits per heavy atom. The van der Waals surface area contributed by atoms with E-state index in [4.69, 9.17) is 23.2 Å². The van der Waals surface area contributed by atoms with E-state index in [9.17, 15) is 13.2 Å². The second-order valence-corrected chi connectivity index (χ2v) is 9.87. The normalized spacial score (nSPS) is 11.3. The fraction of sp³-hybridized carbons (Fsp3) is 0.409. The largest absolute Gasteiger partial charge is 0.372 e. The van der Waals surface area contributed by atoms with Crippen LogP contribution >= 0.6 is 23.2 Å². The number of hydrogen-bond donors (Lipinski definition) is 1. The molecule has 2 aromatic carbocycles. The number of nitrogens with zero attached hydrogens (tertiary/aromatic N) is 2. The smallest absolute Gasteiger partial charge is 0.232 e. The Labute approximate surface area is 195 Å². The minimum absolute atomic E-state index is 0.129. The molecule has 0 spiro atoms. The van der Waals surface area contributed by atoms with Gasteiger partial charge >= 0.3 is 0 Å². The van der Waals surface area contributed by atoms with E-state index < -0.39 is 10.0 Å². The van der Waals surface area contributed by atoms with Crippen molar-refractivity contribution < 1.29 is 13.2 Å². The fourth-order valence-electron chi connectivity index (χ4n) is 3.21. The lowest BCUT2D eigenvalue weighted by Gasteiger charge is -2.22. The first kappa shape index (κ1) is 25.3. The number of carbonyl (C=O) groups is 1. The molecule has 0 fully saturated rings. The standard InChI is InChI=1S/C22H29Cl2N3O3S/c1-4-26(5-2)18-10-8-17(9-11-18)16-25-22(28)7-6-14-27(31(3,29)30)19-12-13-20(23)21(24)15-19/h8-13,15H,4-7,14,16H2,1-3H3,(H,25,28). The highest BCUT2D eigenvalue weighted by Crippen LogP contribution is 2.28. The third-order valence-electron chi connectivity index (χ3n) is 4.91. The topological polar surface area (TPSA) is 69.7 Å². The molecule has 0 saturated carbocycles. The Kier molecular flexibility index (Phi) is 9.47. The predicted molar refractivity (Wildman–Crippen MR) is 130 cm³/mol. The molecule has 0 aromatic heterocycles. The van der Waals surface area contributed by atoms with Crippen LogP contribution in [0.2, 0.25) is 10.0 Å². The van der Waals surface area contributed by atoms with Crippen LogP contribution in [-0.2, 0) is 21.4 Å². The first-order valence-electron chi connectivity index (χ1n) is 10.2. The van der Waals surface area contributed by atoms with Gasteiger partial charge in [-0.2, -0.15) is 0 Å². The summed E-state index contributed by atoms with van der Waals surface area (Å²) in [7, 11) is -3.52. The number of anilines is 2. The number of halogens is 2. The van der Waals surface area contributed by atoms with E-state index in [1.165, 1.54) is 10.4 Å². The van der Waals surface area contributed by atoms with Crippen LogP contribution < -0.4 is 14.5 Å². The molecule has 0 bridgehead atoms. The van der Waals surface area contributed by atoms with Gasteiger partial charge in [-0.1, -0.05) is 35.3 Å². The predicted octanol–water partition coefficient (Wildman–Crippen LogP) is 4.70. The van der Waals surface area contributed by atoms with Crippen molar-refractivity contribution in [3.63, 3.8) is 0 Å². The third kappa shape index (κ3) is 7.59. The Hall–Kier alpha value is -1.96. The van der Waals surface area contributed by atoms with Crippen LogP contribution in [0.1, 0.15) is 32.3 Å². The molecule has 1 amide bonds. The summed E-state index contributed by atoms with van der Waals surface area (Å²) in [6.45, 7) is 6.72. The van der Waals surface area contributed by atoms with Crippen LogP contribution in [0.25, 0.3) is 0 Å². The lowest BCUT2D eigenvalue weighted by Crippen LogP contribution is -2.32. The first-order chi connectivity index (χ1) is 14.7. The number of sulfonamides is 1. The third-order valence-corrected chi connectivity index (χ3v) is 6.84. The van der Waals surface area contributed by atoms with Gasteiger partial charge in [-0.05, 0) is 56.2 Å². The van der Waals surface area contributed by atoms with Crippen LogP contribution in [0.15, 0.2) is 42.5 Å². The molecule has 0 aliphatic rings. The fourth-order valence-corrected chi connectivity index (χ4v) is 4.46. The molecule has 0 atom stereocenters. The second-order valence-electron chi connectivity index (χ2n) is 7.15. The summed E-state index contributed by atoms with van der Waals surface area (Å²) in [6.07, 6.45) is 1.71. The zero-order valence-corrected chi connectivity index (χ0v) is 20.4. The van der Waals surface area contributed by atoms with E-state index >= 15 is 0 Å². The molecule has 6 nitrogen and oxygen atoms in total. The van der Waals surface area contributed by atoms with E-state index in [1.54, 1.807) is 12.1 Å². The zero-order valence-electron chi connectivity index (χ0n) is 18.1. The van der Waals surface area contributed by atoms with E-state index in [0.29, 0.717) is 23.7 Å². The summed E-state index contributed by atoms with van der Waals surface area (Å²) in [6, 6.07) is 12.8. The van der Waals surface area contributed by atoms with E-state index in [0.717, 1.165) is 30.6 Å². The number of hydrogen-bond acceptors (Lipinski definition) is 4. The van der Waals surface area contributed by atoms with Gasteiger partial charge in [-0.15, -0.1) is 0 Å². The average molecular weight is 486 g/mol. The molecule has 9 heteroatoms. The molecule has 0 aliphatic heterocycles. The highest BCUT2D eigenvalue weighted by atomic mass is 35.5. The summed E-state index contributed by atoms with van der Waals surface area (Å²) in [5, 5.41) is 3.51. The molecule has 0 unspecified atom stereocenters. The van der Waals surface area contributed by atoms with E-state index in [2.05, 4.69) is 36.2 Å². The SMILES string of the molecule is CCN(CC)c1ccc(CNC(=O)CCCN(c2ccc(Cl)c(Cl)c2)S(C)(=O)=O)cc1. The van der Waals surface area contributed by atoms with Gasteiger partial charge in [0.05, 0.1) is 22.0 Å². The van der Waals surface area contributed by atoms with Gasteiger partial charge in [0.2, 0.25) is 15.9 Å². The summed E-state index contributed by atoms with van der Waals surface area (Å²) in [4.78, 5) is 14.5. The molecule has 2 rings (SSSR count). The molecule has 31 heavy (non-hydrogen) atoms. The van der Waals surface area contributed by atoms with Gasteiger partial charge in [0.15, 0.2) is 0 Å². The van der Waals surface area contributed by atoms with Gasteiger partial charge in [-0.25, -0.2) is 8.42 Å². The molecule has 170 valence electrons. The van der Waals surface area contributed by atoms with Crippen LogP contribution in [0.4, 0.5) is 11.4 Å². The van der Waals surface area contributed by atoms with Crippen molar-refractivity contribution in [2.75, 3.05) is 35.1 Å². The van der Waals surface area contributed by atoms with Crippen LogP contribution in [0, 0.1) is 0 Å². The van der Waals surface area contributed by atoms with Crippen molar-refractivity contribution >= 4 is 50.5 Å². The van der Waals surface area contributed by atoms with Crippen molar-refractivity contribution in [1.29, 1.82) is 0 Å². The molecule has 0 saturated heterocycles. The monoisotopic (exact) mass is 485 g/mol. The van der Waals surface area contributed by atoms with Crippen molar-refractivity contribution in [2.45, 2.75) is 33.2 Å². The minimum atomic E-state index is -3.52. The Morgan fingerprint density at radius 3 is 2.13 bits per heavy atom. The lowest BCUT2D eigenvalue weighted by atomic mass is 10.2. The number of carbonyl (C=O) groups excluding carboxylic acids is 1. The summed E-state index contributed by atoms with van der Waals surface area (Å²) in [5.41, 5.74) is 2.59. The Bertz CT molecular complexity index is 978. The Morgan fingerprint density at radius 2 is 1.58 bits per heavy atom. The number of benzene rings is 2. The van der Waals surface area contributed by atoms with Crippen LogP contribution in [0.3, 0.4) is 0 Å². The molecule has 0 radical (unpaired) electrons. The molecule has 2 aromatic rings. The van der Waals surface area contributed by atoms with E-state index in [1.807, 2.05) is 12.1 Å². The summed E-state index contributed by atoms with van der Waals surface area (Å²) >= 11 is 11.9. The van der Waals surface area contributed by atoms with Gasteiger partial charge in [0, 0.05) is 38.3 Å².